The van der Waals surface area contributed by atoms with Gasteiger partial charge in [-0.15, -0.1) is 0 Å². The number of benzene rings is 1. The van der Waals surface area contributed by atoms with E-state index in [1.54, 1.807) is 23.1 Å². The van der Waals surface area contributed by atoms with Crippen LogP contribution in [-0.4, -0.2) is 42.8 Å². The average Bonchev–Trinajstić information content (AvgIpc) is 3.24. The van der Waals surface area contributed by atoms with E-state index in [2.05, 4.69) is 15.9 Å². The Bertz CT molecular complexity index is 965. The van der Waals surface area contributed by atoms with E-state index in [1.807, 2.05) is 37.6 Å². The number of halogens is 1. The molecule has 1 aliphatic rings. The summed E-state index contributed by atoms with van der Waals surface area (Å²) < 4.78 is 29.7. The zero-order chi connectivity index (χ0) is 19.8. The second-order valence-corrected chi connectivity index (χ2v) is 9.27. The third-order valence-electron chi connectivity index (χ3n) is 4.96. The minimum atomic E-state index is -3.50. The summed E-state index contributed by atoms with van der Waals surface area (Å²) in [6.07, 6.45) is 2.54. The van der Waals surface area contributed by atoms with Gasteiger partial charge < -0.3 is 9.47 Å². The molecule has 6 nitrogen and oxygen atoms in total. The number of hydrogen-bond donors (Lipinski definition) is 0. The molecule has 0 spiro atoms. The first-order chi connectivity index (χ1) is 12.8. The number of sulfonamides is 1. The summed E-state index contributed by atoms with van der Waals surface area (Å²) in [5, 5.41) is 0. The highest BCUT2D eigenvalue weighted by molar-refractivity contribution is 9.10. The standard InChI is InChI=1S/C19H24BrN3O3S/c1-4-21-13-15(20)12-18(21)19(24)23-10-9-14-11-16(7-8-17(14)23)27(25,26)22(5-2)6-3/h7-8,11-13H,4-6,9-10H2,1-3H3. The molecule has 0 N–H and O–H groups in total. The molecule has 1 aromatic heterocycles. The summed E-state index contributed by atoms with van der Waals surface area (Å²) in [6.45, 7) is 7.77. The molecule has 0 atom stereocenters. The molecule has 8 heteroatoms. The molecule has 0 bridgehead atoms. The zero-order valence-corrected chi connectivity index (χ0v) is 18.2. The number of nitrogens with zero attached hydrogens (tertiary/aromatic N) is 3. The molecule has 27 heavy (non-hydrogen) atoms. The lowest BCUT2D eigenvalue weighted by Crippen LogP contribution is -2.31. The van der Waals surface area contributed by atoms with Crippen molar-refractivity contribution in [2.75, 3.05) is 24.5 Å². The third kappa shape index (κ3) is 3.58. The number of hydrogen-bond acceptors (Lipinski definition) is 3. The van der Waals surface area contributed by atoms with Gasteiger partial charge in [0, 0.05) is 42.5 Å². The van der Waals surface area contributed by atoms with Gasteiger partial charge in [-0.25, -0.2) is 8.42 Å². The highest BCUT2D eigenvalue weighted by Gasteiger charge is 2.30. The summed E-state index contributed by atoms with van der Waals surface area (Å²) in [4.78, 5) is 15.1. The van der Waals surface area contributed by atoms with E-state index < -0.39 is 10.0 Å². The van der Waals surface area contributed by atoms with Crippen molar-refractivity contribution < 1.29 is 13.2 Å². The maximum Gasteiger partial charge on any atom is 0.274 e. The van der Waals surface area contributed by atoms with Crippen molar-refractivity contribution in [2.45, 2.75) is 38.6 Å². The first-order valence-electron chi connectivity index (χ1n) is 9.14. The molecule has 0 unspecified atom stereocenters. The highest BCUT2D eigenvalue weighted by atomic mass is 79.9. The maximum absolute atomic E-state index is 13.0. The van der Waals surface area contributed by atoms with E-state index >= 15 is 0 Å². The number of amides is 1. The quantitative estimate of drug-likeness (QED) is 0.671. The predicted molar refractivity (Wildman–Crippen MR) is 110 cm³/mol. The van der Waals surface area contributed by atoms with Crippen LogP contribution in [0.3, 0.4) is 0 Å². The summed E-state index contributed by atoms with van der Waals surface area (Å²) in [7, 11) is -3.50. The molecule has 0 aliphatic carbocycles. The maximum atomic E-state index is 13.0. The summed E-state index contributed by atoms with van der Waals surface area (Å²) in [5.41, 5.74) is 2.31. The second kappa shape index (κ2) is 7.77. The molecule has 2 heterocycles. The topological polar surface area (TPSA) is 62.6 Å². The first kappa shape index (κ1) is 20.1. The third-order valence-corrected chi connectivity index (χ3v) is 7.44. The van der Waals surface area contributed by atoms with Gasteiger partial charge in [-0.3, -0.25) is 4.79 Å². The van der Waals surface area contributed by atoms with E-state index in [9.17, 15) is 13.2 Å². The van der Waals surface area contributed by atoms with Gasteiger partial charge in [0.25, 0.3) is 5.91 Å². The van der Waals surface area contributed by atoms with Gasteiger partial charge in [0.05, 0.1) is 4.90 Å². The molecule has 3 rings (SSSR count). The number of fused-ring (bicyclic) bond motifs is 1. The highest BCUT2D eigenvalue weighted by Crippen LogP contribution is 2.32. The second-order valence-electron chi connectivity index (χ2n) is 6.42. The predicted octanol–water partition coefficient (Wildman–Crippen LogP) is 3.50. The molecule has 1 amide bonds. The fourth-order valence-corrected chi connectivity index (χ4v) is 5.49. The van der Waals surface area contributed by atoms with E-state index in [4.69, 9.17) is 0 Å². The minimum absolute atomic E-state index is 0.0688. The fourth-order valence-electron chi connectivity index (χ4n) is 3.52. The van der Waals surface area contributed by atoms with Crippen LogP contribution in [0.4, 0.5) is 5.69 Å². The van der Waals surface area contributed by atoms with Gasteiger partial charge in [-0.05, 0) is 59.1 Å². The number of aromatic nitrogens is 1. The van der Waals surface area contributed by atoms with Gasteiger partial charge in [-0.1, -0.05) is 13.8 Å². The number of aryl methyl sites for hydroxylation is 1. The lowest BCUT2D eigenvalue weighted by molar-refractivity contribution is 0.0980. The van der Waals surface area contributed by atoms with Crippen LogP contribution >= 0.6 is 15.9 Å². The molecule has 0 radical (unpaired) electrons. The normalized spacial score (nSPS) is 14.0. The monoisotopic (exact) mass is 453 g/mol. The van der Waals surface area contributed by atoms with Crippen molar-refractivity contribution in [1.82, 2.24) is 8.87 Å². The molecule has 1 aliphatic heterocycles. The molecule has 0 saturated carbocycles. The number of rotatable bonds is 6. The molecular weight excluding hydrogens is 430 g/mol. The van der Waals surface area contributed by atoms with Gasteiger partial charge in [-0.2, -0.15) is 4.31 Å². The summed E-state index contributed by atoms with van der Waals surface area (Å²) in [6, 6.07) is 6.89. The van der Waals surface area contributed by atoms with Gasteiger partial charge in [0.1, 0.15) is 5.69 Å². The molecule has 146 valence electrons. The Balaban J connectivity index is 1.94. The number of carbonyl (C=O) groups is 1. The molecule has 1 aromatic carbocycles. The molecule has 0 saturated heterocycles. The van der Waals surface area contributed by atoms with Crippen molar-refractivity contribution in [2.24, 2.45) is 0 Å². The van der Waals surface area contributed by atoms with Gasteiger partial charge >= 0.3 is 0 Å². The van der Waals surface area contributed by atoms with Crippen LogP contribution in [0.25, 0.3) is 0 Å². The lowest BCUT2D eigenvalue weighted by atomic mass is 10.2. The fraction of sp³-hybridized carbons (Fsp3) is 0.421. The van der Waals surface area contributed by atoms with Crippen LogP contribution in [0.15, 0.2) is 39.8 Å². The Hall–Kier alpha value is -1.64. The molecular formula is C19H24BrN3O3S. The Morgan fingerprint density at radius 1 is 1.19 bits per heavy atom. The van der Waals surface area contributed by atoms with Crippen LogP contribution in [-0.2, 0) is 23.0 Å². The Morgan fingerprint density at radius 3 is 2.52 bits per heavy atom. The van der Waals surface area contributed by atoms with Crippen molar-refractivity contribution >= 4 is 37.5 Å². The minimum Gasteiger partial charge on any atom is -0.343 e. The van der Waals surface area contributed by atoms with Crippen LogP contribution < -0.4 is 4.90 Å². The average molecular weight is 454 g/mol. The number of anilines is 1. The molecule has 0 fully saturated rings. The Morgan fingerprint density at radius 2 is 1.89 bits per heavy atom. The van der Waals surface area contributed by atoms with Crippen LogP contribution in [0.2, 0.25) is 0 Å². The van der Waals surface area contributed by atoms with E-state index in [0.717, 1.165) is 15.7 Å². The Kier molecular flexibility index (Phi) is 5.79. The summed E-state index contributed by atoms with van der Waals surface area (Å²) >= 11 is 3.43. The Labute approximate surface area is 168 Å². The van der Waals surface area contributed by atoms with E-state index in [1.165, 1.54) is 4.31 Å². The van der Waals surface area contributed by atoms with Crippen molar-refractivity contribution in [3.63, 3.8) is 0 Å². The summed E-state index contributed by atoms with van der Waals surface area (Å²) in [5.74, 6) is -0.0688. The largest absolute Gasteiger partial charge is 0.343 e. The van der Waals surface area contributed by atoms with Crippen LogP contribution in [0.1, 0.15) is 36.8 Å². The van der Waals surface area contributed by atoms with E-state index in [0.29, 0.717) is 43.2 Å². The van der Waals surface area contributed by atoms with Gasteiger partial charge in [0.15, 0.2) is 0 Å². The number of carbonyl (C=O) groups excluding carboxylic acids is 1. The smallest absolute Gasteiger partial charge is 0.274 e. The van der Waals surface area contributed by atoms with Crippen LogP contribution in [0, 0.1) is 0 Å². The SMILES string of the molecule is CCN(CC)S(=O)(=O)c1ccc2c(c1)CCN2C(=O)c1cc(Br)cn1CC. The van der Waals surface area contributed by atoms with Crippen molar-refractivity contribution in [1.29, 1.82) is 0 Å². The van der Waals surface area contributed by atoms with Crippen molar-refractivity contribution in [3.8, 4) is 0 Å². The van der Waals surface area contributed by atoms with Crippen LogP contribution in [0.5, 0.6) is 0 Å². The van der Waals surface area contributed by atoms with Gasteiger partial charge in [0.2, 0.25) is 10.0 Å². The first-order valence-corrected chi connectivity index (χ1v) is 11.4. The van der Waals surface area contributed by atoms with Crippen molar-refractivity contribution in [3.05, 3.63) is 46.2 Å². The lowest BCUT2D eigenvalue weighted by Gasteiger charge is -2.20. The molecule has 2 aromatic rings. The zero-order valence-electron chi connectivity index (χ0n) is 15.8. The van der Waals surface area contributed by atoms with E-state index in [-0.39, 0.29) is 5.91 Å².